The molecule has 0 heterocycles. The number of hydrogen-bond acceptors (Lipinski definition) is 1. The Labute approximate surface area is 78.1 Å². The fourth-order valence-electron chi connectivity index (χ4n) is 0.398. The molecule has 0 aromatic carbocycles. The summed E-state index contributed by atoms with van der Waals surface area (Å²) in [6, 6.07) is 0. The minimum absolute atomic E-state index is 0.166. The molecule has 0 aromatic rings. The molecular weight excluding hydrogens is 181 g/mol. The standard InChI is InChI=1S/C8H13Cl2N/c1-4-5-11-6-8(9,10)7(2)3/h4,6-7H,1,5H2,2-3H3. The fourth-order valence-corrected chi connectivity index (χ4v) is 0.536. The highest BCUT2D eigenvalue weighted by atomic mass is 35.5. The molecule has 64 valence electrons. The summed E-state index contributed by atoms with van der Waals surface area (Å²) in [4.78, 5) is 3.98. The highest BCUT2D eigenvalue weighted by molar-refractivity contribution is 6.56. The van der Waals surface area contributed by atoms with E-state index >= 15 is 0 Å². The van der Waals surface area contributed by atoms with E-state index < -0.39 is 4.33 Å². The lowest BCUT2D eigenvalue weighted by Gasteiger charge is -2.17. The maximum Gasteiger partial charge on any atom is 0.154 e. The molecule has 1 nitrogen and oxygen atoms in total. The van der Waals surface area contributed by atoms with Gasteiger partial charge in [0.25, 0.3) is 0 Å². The predicted molar refractivity (Wildman–Crippen MR) is 52.8 cm³/mol. The van der Waals surface area contributed by atoms with E-state index in [2.05, 4.69) is 11.6 Å². The zero-order valence-electron chi connectivity index (χ0n) is 6.85. The van der Waals surface area contributed by atoms with Crippen molar-refractivity contribution in [3.8, 4) is 0 Å². The van der Waals surface area contributed by atoms with Gasteiger partial charge in [-0.25, -0.2) is 0 Å². The first-order valence-corrected chi connectivity index (χ1v) is 4.26. The Bertz CT molecular complexity index is 150. The first kappa shape index (κ1) is 11.0. The normalized spacial score (nSPS) is 12.8. The molecule has 0 aliphatic carbocycles. The van der Waals surface area contributed by atoms with Crippen LogP contribution in [0.5, 0.6) is 0 Å². The van der Waals surface area contributed by atoms with Crippen molar-refractivity contribution in [2.24, 2.45) is 10.9 Å². The van der Waals surface area contributed by atoms with Crippen LogP contribution in [0, 0.1) is 5.92 Å². The highest BCUT2D eigenvalue weighted by Crippen LogP contribution is 2.27. The van der Waals surface area contributed by atoms with Crippen LogP contribution in [0.2, 0.25) is 0 Å². The maximum absolute atomic E-state index is 5.89. The Morgan fingerprint density at radius 3 is 2.45 bits per heavy atom. The number of hydrogen-bond donors (Lipinski definition) is 0. The van der Waals surface area contributed by atoms with Crippen LogP contribution in [0.25, 0.3) is 0 Å². The summed E-state index contributed by atoms with van der Waals surface area (Å²) in [6.45, 7) is 7.98. The third kappa shape index (κ3) is 4.44. The minimum Gasteiger partial charge on any atom is -0.290 e. The van der Waals surface area contributed by atoms with E-state index in [1.54, 1.807) is 12.3 Å². The minimum atomic E-state index is -0.844. The molecule has 0 N–H and O–H groups in total. The molecule has 11 heavy (non-hydrogen) atoms. The Balaban J connectivity index is 3.99. The number of rotatable bonds is 4. The zero-order chi connectivity index (χ0) is 8.91. The van der Waals surface area contributed by atoms with Gasteiger partial charge in [-0.1, -0.05) is 43.1 Å². The van der Waals surface area contributed by atoms with Gasteiger partial charge >= 0.3 is 0 Å². The van der Waals surface area contributed by atoms with Gasteiger partial charge in [0.05, 0.1) is 6.54 Å². The number of alkyl halides is 2. The summed E-state index contributed by atoms with van der Waals surface area (Å²) < 4.78 is -0.844. The predicted octanol–water partition coefficient (Wildman–Crippen LogP) is 3.07. The van der Waals surface area contributed by atoms with E-state index in [1.807, 2.05) is 13.8 Å². The first-order valence-electron chi connectivity index (χ1n) is 3.50. The molecule has 0 radical (unpaired) electrons. The molecular formula is C8H13Cl2N. The topological polar surface area (TPSA) is 12.4 Å². The lowest BCUT2D eigenvalue weighted by molar-refractivity contribution is 0.656. The van der Waals surface area contributed by atoms with Crippen LogP contribution >= 0.6 is 23.2 Å². The Morgan fingerprint density at radius 2 is 2.09 bits per heavy atom. The van der Waals surface area contributed by atoms with Gasteiger partial charge in [-0.15, -0.1) is 6.58 Å². The molecule has 0 saturated carbocycles. The fraction of sp³-hybridized carbons (Fsp3) is 0.625. The lowest BCUT2D eigenvalue weighted by atomic mass is 10.1. The molecule has 0 bridgehead atoms. The van der Waals surface area contributed by atoms with Crippen LogP contribution < -0.4 is 0 Å². The van der Waals surface area contributed by atoms with Gasteiger partial charge in [-0.2, -0.15) is 0 Å². The van der Waals surface area contributed by atoms with Crippen LogP contribution in [-0.2, 0) is 0 Å². The van der Waals surface area contributed by atoms with Crippen molar-refractivity contribution in [3.63, 3.8) is 0 Å². The molecule has 0 spiro atoms. The second-order valence-electron chi connectivity index (χ2n) is 2.61. The van der Waals surface area contributed by atoms with Crippen molar-refractivity contribution in [1.82, 2.24) is 0 Å². The van der Waals surface area contributed by atoms with Crippen LogP contribution in [0.1, 0.15) is 13.8 Å². The SMILES string of the molecule is C=CCN=CC(Cl)(Cl)C(C)C. The Hall–Kier alpha value is -0.0100. The van der Waals surface area contributed by atoms with Crippen LogP contribution in [-0.4, -0.2) is 17.1 Å². The average Bonchev–Trinajstić information content (AvgIpc) is 1.88. The molecule has 0 fully saturated rings. The van der Waals surface area contributed by atoms with Gasteiger partial charge < -0.3 is 0 Å². The molecule has 0 atom stereocenters. The second-order valence-corrected chi connectivity index (χ2v) is 4.06. The summed E-state index contributed by atoms with van der Waals surface area (Å²) in [5, 5.41) is 0. The van der Waals surface area contributed by atoms with Crippen LogP contribution in [0.4, 0.5) is 0 Å². The third-order valence-electron chi connectivity index (χ3n) is 1.27. The lowest BCUT2D eigenvalue weighted by Crippen LogP contribution is -2.22. The van der Waals surface area contributed by atoms with Gasteiger partial charge in [0.15, 0.2) is 4.33 Å². The van der Waals surface area contributed by atoms with E-state index in [4.69, 9.17) is 23.2 Å². The summed E-state index contributed by atoms with van der Waals surface area (Å²) in [5.74, 6) is 0.166. The average molecular weight is 194 g/mol. The van der Waals surface area contributed by atoms with E-state index in [-0.39, 0.29) is 5.92 Å². The van der Waals surface area contributed by atoms with Gasteiger partial charge in [0, 0.05) is 6.21 Å². The molecule has 0 unspecified atom stereocenters. The summed E-state index contributed by atoms with van der Waals surface area (Å²) in [6.07, 6.45) is 3.25. The van der Waals surface area contributed by atoms with E-state index in [0.29, 0.717) is 6.54 Å². The monoisotopic (exact) mass is 193 g/mol. The van der Waals surface area contributed by atoms with Crippen molar-refractivity contribution in [1.29, 1.82) is 0 Å². The largest absolute Gasteiger partial charge is 0.290 e. The van der Waals surface area contributed by atoms with Gasteiger partial charge in [-0.3, -0.25) is 4.99 Å². The molecule has 0 aromatic heterocycles. The smallest absolute Gasteiger partial charge is 0.154 e. The molecule has 3 heteroatoms. The highest BCUT2D eigenvalue weighted by Gasteiger charge is 2.25. The number of halogens is 2. The van der Waals surface area contributed by atoms with Crippen molar-refractivity contribution >= 4 is 29.4 Å². The van der Waals surface area contributed by atoms with Gasteiger partial charge in [-0.05, 0) is 5.92 Å². The summed E-state index contributed by atoms with van der Waals surface area (Å²) in [5.41, 5.74) is 0. The van der Waals surface area contributed by atoms with E-state index in [0.717, 1.165) is 0 Å². The van der Waals surface area contributed by atoms with E-state index in [1.165, 1.54) is 0 Å². The number of aliphatic imine (C=N–C) groups is 1. The van der Waals surface area contributed by atoms with Crippen molar-refractivity contribution < 1.29 is 0 Å². The molecule has 0 saturated heterocycles. The van der Waals surface area contributed by atoms with Crippen molar-refractivity contribution in [2.45, 2.75) is 18.2 Å². The molecule has 0 aliphatic rings. The first-order chi connectivity index (χ1) is 5.00. The van der Waals surface area contributed by atoms with Crippen LogP contribution in [0.3, 0.4) is 0 Å². The van der Waals surface area contributed by atoms with Gasteiger partial charge in [0.2, 0.25) is 0 Å². The quantitative estimate of drug-likeness (QED) is 0.370. The molecule has 0 aliphatic heterocycles. The Morgan fingerprint density at radius 1 is 1.55 bits per heavy atom. The third-order valence-corrected chi connectivity index (χ3v) is 2.34. The summed E-state index contributed by atoms with van der Waals surface area (Å²) in [7, 11) is 0. The second kappa shape index (κ2) is 4.78. The van der Waals surface area contributed by atoms with Crippen molar-refractivity contribution in [3.05, 3.63) is 12.7 Å². The maximum atomic E-state index is 5.89. The zero-order valence-corrected chi connectivity index (χ0v) is 8.36. The van der Waals surface area contributed by atoms with Gasteiger partial charge in [0.1, 0.15) is 0 Å². The van der Waals surface area contributed by atoms with Crippen molar-refractivity contribution in [2.75, 3.05) is 6.54 Å². The summed E-state index contributed by atoms with van der Waals surface area (Å²) >= 11 is 11.8. The number of nitrogens with zero attached hydrogens (tertiary/aromatic N) is 1. The molecule has 0 rings (SSSR count). The Kier molecular flexibility index (Phi) is 4.78. The van der Waals surface area contributed by atoms with E-state index in [9.17, 15) is 0 Å². The molecule has 0 amide bonds. The van der Waals surface area contributed by atoms with Crippen LogP contribution in [0.15, 0.2) is 17.6 Å².